The summed E-state index contributed by atoms with van der Waals surface area (Å²) in [6.45, 7) is 0.956. The van der Waals surface area contributed by atoms with Crippen LogP contribution in [-0.2, 0) is 14.6 Å². The smallest absolute Gasteiger partial charge is 0.239 e. The van der Waals surface area contributed by atoms with Gasteiger partial charge in [-0.3, -0.25) is 4.79 Å². The number of nitrogens with zero attached hydrogens (tertiary/aromatic N) is 1. The van der Waals surface area contributed by atoms with Gasteiger partial charge < -0.3 is 10.2 Å². The minimum Gasteiger partial charge on any atom is -0.340 e. The predicted octanol–water partition coefficient (Wildman–Crippen LogP) is 0.944. The minimum absolute atomic E-state index is 0.0924. The number of carbonyl (C=O) groups excluding carboxylic acids is 1. The first-order chi connectivity index (χ1) is 10.1. The van der Waals surface area contributed by atoms with Gasteiger partial charge in [-0.05, 0) is 38.0 Å². The maximum absolute atomic E-state index is 12.7. The van der Waals surface area contributed by atoms with Crippen molar-refractivity contribution < 1.29 is 13.2 Å². The van der Waals surface area contributed by atoms with Crippen molar-refractivity contribution >= 4 is 15.7 Å². The molecule has 1 N–H and O–H groups in total. The van der Waals surface area contributed by atoms with Crippen LogP contribution in [-0.4, -0.2) is 55.9 Å². The van der Waals surface area contributed by atoms with Crippen molar-refractivity contribution in [3.8, 4) is 0 Å². The van der Waals surface area contributed by atoms with Crippen molar-refractivity contribution in [1.29, 1.82) is 0 Å². The number of piperidine rings is 1. The Hall–Kier alpha value is -0.620. The van der Waals surface area contributed by atoms with E-state index in [4.69, 9.17) is 0 Å². The SMILES string of the molecule is O=C(C1CCC2CCCCC2N1)N1CCCS(=O)(=O)CC1. The fraction of sp³-hybridized carbons (Fsp3) is 0.933. The van der Waals surface area contributed by atoms with E-state index in [0.717, 1.165) is 18.8 Å². The van der Waals surface area contributed by atoms with Crippen LogP contribution >= 0.6 is 0 Å². The molecule has 6 heteroatoms. The molecule has 3 rings (SSSR count). The van der Waals surface area contributed by atoms with Gasteiger partial charge in [-0.1, -0.05) is 12.8 Å². The highest BCUT2D eigenvalue weighted by Gasteiger charge is 2.36. The lowest BCUT2D eigenvalue weighted by Crippen LogP contribution is -2.56. The number of rotatable bonds is 1. The minimum atomic E-state index is -2.95. The summed E-state index contributed by atoms with van der Waals surface area (Å²) < 4.78 is 23.3. The number of nitrogens with one attached hydrogen (secondary N) is 1. The summed E-state index contributed by atoms with van der Waals surface area (Å²) in [5, 5.41) is 3.55. The highest BCUT2D eigenvalue weighted by Crippen LogP contribution is 2.32. The van der Waals surface area contributed by atoms with Crippen LogP contribution in [0.2, 0.25) is 0 Å². The molecule has 0 spiro atoms. The number of hydrogen-bond acceptors (Lipinski definition) is 4. The van der Waals surface area contributed by atoms with Crippen LogP contribution in [0.5, 0.6) is 0 Å². The van der Waals surface area contributed by atoms with Gasteiger partial charge in [0.15, 0.2) is 9.84 Å². The van der Waals surface area contributed by atoms with Crippen LogP contribution in [0.3, 0.4) is 0 Å². The van der Waals surface area contributed by atoms with Gasteiger partial charge >= 0.3 is 0 Å². The Morgan fingerprint density at radius 3 is 2.62 bits per heavy atom. The molecule has 1 aliphatic carbocycles. The third-order valence-corrected chi connectivity index (χ3v) is 7.03. The summed E-state index contributed by atoms with van der Waals surface area (Å²) in [5.41, 5.74) is 0. The molecule has 21 heavy (non-hydrogen) atoms. The molecule has 3 fully saturated rings. The third kappa shape index (κ3) is 3.59. The first-order valence-electron chi connectivity index (χ1n) is 8.30. The fourth-order valence-electron chi connectivity index (χ4n) is 4.07. The van der Waals surface area contributed by atoms with Crippen LogP contribution < -0.4 is 5.32 Å². The van der Waals surface area contributed by atoms with E-state index in [1.165, 1.54) is 25.7 Å². The Morgan fingerprint density at radius 1 is 0.952 bits per heavy atom. The monoisotopic (exact) mass is 314 g/mol. The number of amides is 1. The average Bonchev–Trinajstić information content (AvgIpc) is 2.67. The molecule has 1 amide bonds. The van der Waals surface area contributed by atoms with Crippen molar-refractivity contribution in [2.45, 2.75) is 57.0 Å². The predicted molar refractivity (Wildman–Crippen MR) is 81.8 cm³/mol. The van der Waals surface area contributed by atoms with Gasteiger partial charge in [0.1, 0.15) is 0 Å². The maximum Gasteiger partial charge on any atom is 0.239 e. The van der Waals surface area contributed by atoms with Crippen LogP contribution in [0.1, 0.15) is 44.9 Å². The van der Waals surface area contributed by atoms with Gasteiger partial charge in [0, 0.05) is 19.1 Å². The van der Waals surface area contributed by atoms with Crippen LogP contribution in [0, 0.1) is 5.92 Å². The standard InChI is InChI=1S/C15H26N2O3S/c18-15(17-8-3-10-21(19,20)11-9-17)14-7-6-12-4-1-2-5-13(12)16-14/h12-14,16H,1-11H2. The van der Waals surface area contributed by atoms with Crippen LogP contribution in [0.15, 0.2) is 0 Å². The molecule has 0 aromatic heterocycles. The first kappa shape index (κ1) is 15.3. The van der Waals surface area contributed by atoms with E-state index in [1.54, 1.807) is 4.90 Å². The van der Waals surface area contributed by atoms with E-state index in [0.29, 0.717) is 25.6 Å². The van der Waals surface area contributed by atoms with Crippen LogP contribution in [0.4, 0.5) is 0 Å². The van der Waals surface area contributed by atoms with Crippen molar-refractivity contribution in [1.82, 2.24) is 10.2 Å². The molecule has 3 atom stereocenters. The maximum atomic E-state index is 12.7. The zero-order chi connectivity index (χ0) is 14.9. The number of fused-ring (bicyclic) bond motifs is 1. The van der Waals surface area contributed by atoms with E-state index < -0.39 is 9.84 Å². The molecule has 120 valence electrons. The molecule has 0 bridgehead atoms. The summed E-state index contributed by atoms with van der Waals surface area (Å²) in [6, 6.07) is 0.405. The Balaban J connectivity index is 1.60. The number of hydrogen-bond donors (Lipinski definition) is 1. The molecule has 0 aromatic rings. The van der Waals surface area contributed by atoms with Gasteiger partial charge in [0.05, 0.1) is 17.5 Å². The second kappa shape index (κ2) is 6.24. The highest BCUT2D eigenvalue weighted by atomic mass is 32.2. The molecule has 0 aromatic carbocycles. The molecular formula is C15H26N2O3S. The van der Waals surface area contributed by atoms with E-state index in [-0.39, 0.29) is 23.5 Å². The zero-order valence-electron chi connectivity index (χ0n) is 12.6. The molecule has 5 nitrogen and oxygen atoms in total. The van der Waals surface area contributed by atoms with Crippen molar-refractivity contribution in [2.24, 2.45) is 5.92 Å². The third-order valence-electron chi connectivity index (χ3n) is 5.32. The average molecular weight is 314 g/mol. The molecule has 2 heterocycles. The first-order valence-corrected chi connectivity index (χ1v) is 10.1. The molecule has 3 aliphatic rings. The Labute approximate surface area is 127 Å². The largest absolute Gasteiger partial charge is 0.340 e. The summed E-state index contributed by atoms with van der Waals surface area (Å²) in [6.07, 6.45) is 7.68. The molecular weight excluding hydrogens is 288 g/mol. The van der Waals surface area contributed by atoms with Crippen molar-refractivity contribution in [3.05, 3.63) is 0 Å². The number of carbonyl (C=O) groups is 1. The summed E-state index contributed by atoms with van der Waals surface area (Å²) >= 11 is 0. The van der Waals surface area contributed by atoms with E-state index in [1.807, 2.05) is 0 Å². The van der Waals surface area contributed by atoms with Gasteiger partial charge in [0.25, 0.3) is 0 Å². The van der Waals surface area contributed by atoms with Gasteiger partial charge in [-0.15, -0.1) is 0 Å². The van der Waals surface area contributed by atoms with Gasteiger partial charge in [-0.25, -0.2) is 8.42 Å². The van der Waals surface area contributed by atoms with Gasteiger partial charge in [0.2, 0.25) is 5.91 Å². The van der Waals surface area contributed by atoms with Gasteiger partial charge in [-0.2, -0.15) is 0 Å². The van der Waals surface area contributed by atoms with E-state index in [2.05, 4.69) is 5.32 Å². The zero-order valence-corrected chi connectivity index (χ0v) is 13.4. The molecule has 2 saturated heterocycles. The lowest BCUT2D eigenvalue weighted by atomic mass is 9.77. The summed E-state index contributed by atoms with van der Waals surface area (Å²) in [4.78, 5) is 14.4. The fourth-order valence-corrected chi connectivity index (χ4v) is 5.34. The molecule has 3 unspecified atom stereocenters. The molecule has 2 aliphatic heterocycles. The summed E-state index contributed by atoms with van der Waals surface area (Å²) in [7, 11) is -2.95. The second-order valence-electron chi connectivity index (χ2n) is 6.78. The Morgan fingerprint density at radius 2 is 1.76 bits per heavy atom. The van der Waals surface area contributed by atoms with Crippen molar-refractivity contribution in [3.63, 3.8) is 0 Å². The van der Waals surface area contributed by atoms with E-state index >= 15 is 0 Å². The topological polar surface area (TPSA) is 66.5 Å². The van der Waals surface area contributed by atoms with Crippen LogP contribution in [0.25, 0.3) is 0 Å². The second-order valence-corrected chi connectivity index (χ2v) is 9.08. The molecule has 0 radical (unpaired) electrons. The van der Waals surface area contributed by atoms with E-state index in [9.17, 15) is 13.2 Å². The summed E-state index contributed by atoms with van der Waals surface area (Å²) in [5.74, 6) is 1.21. The lowest BCUT2D eigenvalue weighted by molar-refractivity contribution is -0.134. The normalized spacial score (nSPS) is 36.6. The Bertz CT molecular complexity index is 491. The quantitative estimate of drug-likeness (QED) is 0.782. The Kier molecular flexibility index (Phi) is 4.54. The lowest BCUT2D eigenvalue weighted by Gasteiger charge is -2.41. The van der Waals surface area contributed by atoms with Crippen molar-refractivity contribution in [2.75, 3.05) is 24.6 Å². The molecule has 1 saturated carbocycles. The highest BCUT2D eigenvalue weighted by molar-refractivity contribution is 7.91. The number of sulfone groups is 1.